The Balaban J connectivity index is 0.000000810. The second kappa shape index (κ2) is 5.09. The number of nitrogens with two attached hydrogens (primary N) is 1. The highest BCUT2D eigenvalue weighted by molar-refractivity contribution is 14.0. The quantitative estimate of drug-likeness (QED) is 0.792. The van der Waals surface area contributed by atoms with Crippen LogP contribution in [0.4, 0.5) is 0 Å². The van der Waals surface area contributed by atoms with Crippen LogP contribution in [0, 0.1) is 0 Å². The first-order chi connectivity index (χ1) is 4.33. The lowest BCUT2D eigenvalue weighted by Gasteiger charge is -1.94. The summed E-state index contributed by atoms with van der Waals surface area (Å²) >= 11 is 3.35. The van der Waals surface area contributed by atoms with Crippen molar-refractivity contribution in [3.8, 4) is 0 Å². The maximum atomic E-state index is 5.40. The van der Waals surface area contributed by atoms with Crippen LogP contribution in [-0.2, 0) is 6.54 Å². The Hall–Kier alpha value is 0.390. The van der Waals surface area contributed by atoms with Crippen molar-refractivity contribution in [2.75, 3.05) is 0 Å². The summed E-state index contributed by atoms with van der Waals surface area (Å²) in [5.74, 6) is 0. The van der Waals surface area contributed by atoms with Gasteiger partial charge in [0.1, 0.15) is 0 Å². The van der Waals surface area contributed by atoms with Crippen LogP contribution in [0.3, 0.4) is 0 Å². The second-order valence-corrected chi connectivity index (χ2v) is 2.75. The summed E-state index contributed by atoms with van der Waals surface area (Å²) in [6.45, 7) is 0.611. The molecular formula is C7H9BrIN. The average Bonchev–Trinajstić information content (AvgIpc) is 1.88. The van der Waals surface area contributed by atoms with Gasteiger partial charge in [0, 0.05) is 11.0 Å². The van der Waals surface area contributed by atoms with Crippen molar-refractivity contribution < 1.29 is 0 Å². The molecule has 56 valence electrons. The van der Waals surface area contributed by atoms with Crippen molar-refractivity contribution in [1.29, 1.82) is 0 Å². The third kappa shape index (κ3) is 2.98. The fraction of sp³-hybridized carbons (Fsp3) is 0.143. The van der Waals surface area contributed by atoms with Crippen LogP contribution in [0.2, 0.25) is 0 Å². The maximum Gasteiger partial charge on any atom is 0.0178 e. The summed E-state index contributed by atoms with van der Waals surface area (Å²) in [4.78, 5) is 0. The minimum atomic E-state index is 0. The first-order valence-corrected chi connectivity index (χ1v) is 3.57. The molecule has 1 nitrogen and oxygen atoms in total. The van der Waals surface area contributed by atoms with Crippen LogP contribution < -0.4 is 5.73 Å². The van der Waals surface area contributed by atoms with E-state index in [4.69, 9.17) is 5.73 Å². The molecule has 0 bridgehead atoms. The van der Waals surface area contributed by atoms with E-state index in [1.807, 2.05) is 24.3 Å². The molecule has 1 rings (SSSR count). The Kier molecular flexibility index (Phi) is 5.29. The summed E-state index contributed by atoms with van der Waals surface area (Å²) in [6.07, 6.45) is 0. The van der Waals surface area contributed by atoms with Crippen molar-refractivity contribution in [3.05, 3.63) is 34.3 Å². The van der Waals surface area contributed by atoms with E-state index >= 15 is 0 Å². The van der Waals surface area contributed by atoms with Crippen LogP contribution in [0.5, 0.6) is 0 Å². The maximum absolute atomic E-state index is 5.40. The lowest BCUT2D eigenvalue weighted by molar-refractivity contribution is 1.07. The minimum Gasteiger partial charge on any atom is -0.326 e. The highest BCUT2D eigenvalue weighted by atomic mass is 127. The topological polar surface area (TPSA) is 26.0 Å². The Morgan fingerprint density at radius 3 is 2.50 bits per heavy atom. The van der Waals surface area contributed by atoms with Gasteiger partial charge in [-0.15, -0.1) is 24.0 Å². The molecule has 0 fully saturated rings. The molecule has 0 saturated carbocycles. The van der Waals surface area contributed by atoms with Gasteiger partial charge in [-0.3, -0.25) is 0 Å². The van der Waals surface area contributed by atoms with Gasteiger partial charge in [0.15, 0.2) is 0 Å². The SMILES string of the molecule is I.NCc1cccc(Br)c1. The number of hydrogen-bond donors (Lipinski definition) is 1. The number of halogens is 2. The fourth-order valence-electron chi connectivity index (χ4n) is 0.664. The molecule has 0 heterocycles. The van der Waals surface area contributed by atoms with Gasteiger partial charge in [-0.25, -0.2) is 0 Å². The zero-order valence-corrected chi connectivity index (χ0v) is 9.30. The Morgan fingerprint density at radius 2 is 2.10 bits per heavy atom. The average molecular weight is 314 g/mol. The van der Waals surface area contributed by atoms with Crippen LogP contribution in [-0.4, -0.2) is 0 Å². The molecule has 0 saturated heterocycles. The molecule has 3 heteroatoms. The monoisotopic (exact) mass is 313 g/mol. The largest absolute Gasteiger partial charge is 0.326 e. The molecule has 10 heavy (non-hydrogen) atoms. The van der Waals surface area contributed by atoms with E-state index in [1.54, 1.807) is 0 Å². The zero-order chi connectivity index (χ0) is 6.69. The third-order valence-electron chi connectivity index (χ3n) is 1.12. The highest BCUT2D eigenvalue weighted by Crippen LogP contribution is 2.10. The summed E-state index contributed by atoms with van der Waals surface area (Å²) < 4.78 is 1.09. The normalized spacial score (nSPS) is 8.60. The highest BCUT2D eigenvalue weighted by Gasteiger charge is 1.87. The molecule has 0 aliphatic heterocycles. The predicted octanol–water partition coefficient (Wildman–Crippen LogP) is 2.53. The molecular weight excluding hydrogens is 305 g/mol. The molecule has 0 spiro atoms. The second-order valence-electron chi connectivity index (χ2n) is 1.83. The molecule has 0 amide bonds. The van der Waals surface area contributed by atoms with E-state index in [0.29, 0.717) is 6.54 Å². The van der Waals surface area contributed by atoms with Gasteiger partial charge in [-0.2, -0.15) is 0 Å². The van der Waals surface area contributed by atoms with Crippen LogP contribution >= 0.6 is 39.9 Å². The van der Waals surface area contributed by atoms with Crippen molar-refractivity contribution in [3.63, 3.8) is 0 Å². The van der Waals surface area contributed by atoms with Crippen molar-refractivity contribution >= 4 is 39.9 Å². The summed E-state index contributed by atoms with van der Waals surface area (Å²) in [5.41, 5.74) is 6.55. The van der Waals surface area contributed by atoms with Crippen LogP contribution in [0.25, 0.3) is 0 Å². The summed E-state index contributed by atoms with van der Waals surface area (Å²) in [6, 6.07) is 7.98. The number of rotatable bonds is 1. The third-order valence-corrected chi connectivity index (χ3v) is 1.62. The lowest BCUT2D eigenvalue weighted by Crippen LogP contribution is -1.94. The van der Waals surface area contributed by atoms with E-state index in [1.165, 1.54) is 0 Å². The Labute approximate surface area is 86.1 Å². The van der Waals surface area contributed by atoms with Gasteiger partial charge >= 0.3 is 0 Å². The van der Waals surface area contributed by atoms with Gasteiger partial charge in [0.05, 0.1) is 0 Å². The van der Waals surface area contributed by atoms with E-state index in [2.05, 4.69) is 15.9 Å². The van der Waals surface area contributed by atoms with Gasteiger partial charge in [-0.05, 0) is 17.7 Å². The number of hydrogen-bond acceptors (Lipinski definition) is 1. The molecule has 0 aliphatic carbocycles. The van der Waals surface area contributed by atoms with Crippen LogP contribution in [0.15, 0.2) is 28.7 Å². The van der Waals surface area contributed by atoms with Crippen molar-refractivity contribution in [2.45, 2.75) is 6.54 Å². The van der Waals surface area contributed by atoms with Gasteiger partial charge in [-0.1, -0.05) is 28.1 Å². The molecule has 0 aromatic heterocycles. The molecule has 0 aliphatic rings. The van der Waals surface area contributed by atoms with Gasteiger partial charge < -0.3 is 5.73 Å². The van der Waals surface area contributed by atoms with E-state index in [9.17, 15) is 0 Å². The fourth-order valence-corrected chi connectivity index (χ4v) is 1.11. The molecule has 1 aromatic carbocycles. The standard InChI is InChI=1S/C7H8BrN.HI/c8-7-3-1-2-6(4-7)5-9;/h1-4H,5,9H2;1H. The Morgan fingerprint density at radius 1 is 1.40 bits per heavy atom. The first kappa shape index (κ1) is 10.4. The molecule has 1 aromatic rings. The summed E-state index contributed by atoms with van der Waals surface area (Å²) in [7, 11) is 0. The molecule has 0 radical (unpaired) electrons. The smallest absolute Gasteiger partial charge is 0.0178 e. The van der Waals surface area contributed by atoms with E-state index < -0.39 is 0 Å². The minimum absolute atomic E-state index is 0. The first-order valence-electron chi connectivity index (χ1n) is 2.77. The Bertz CT molecular complexity index is 203. The summed E-state index contributed by atoms with van der Waals surface area (Å²) in [5, 5.41) is 0. The van der Waals surface area contributed by atoms with Gasteiger partial charge in [0.25, 0.3) is 0 Å². The van der Waals surface area contributed by atoms with E-state index in [0.717, 1.165) is 10.0 Å². The van der Waals surface area contributed by atoms with Gasteiger partial charge in [0.2, 0.25) is 0 Å². The predicted molar refractivity (Wildman–Crippen MR) is 57.4 cm³/mol. The molecule has 0 atom stereocenters. The van der Waals surface area contributed by atoms with E-state index in [-0.39, 0.29) is 24.0 Å². The van der Waals surface area contributed by atoms with Crippen LogP contribution in [0.1, 0.15) is 5.56 Å². The molecule has 0 unspecified atom stereocenters. The molecule has 2 N–H and O–H groups in total. The van der Waals surface area contributed by atoms with Crippen molar-refractivity contribution in [1.82, 2.24) is 0 Å². The lowest BCUT2D eigenvalue weighted by atomic mass is 10.2. The zero-order valence-electron chi connectivity index (χ0n) is 5.38. The van der Waals surface area contributed by atoms with Crippen molar-refractivity contribution in [2.24, 2.45) is 5.73 Å². The number of benzene rings is 1.